The number of hydrogen-bond donors (Lipinski definition) is 1. The van der Waals surface area contributed by atoms with Gasteiger partial charge >= 0.3 is 6.03 Å². The van der Waals surface area contributed by atoms with Crippen molar-refractivity contribution in [2.24, 2.45) is 0 Å². The number of likely N-dealkylation sites (N-methyl/N-ethyl adjacent to an activating group) is 1. The first-order valence-corrected chi connectivity index (χ1v) is 8.44. The summed E-state index contributed by atoms with van der Waals surface area (Å²) in [7, 11) is 1.79. The molecule has 5 nitrogen and oxygen atoms in total. The average Bonchev–Trinajstić information content (AvgIpc) is 2.54. The van der Waals surface area contributed by atoms with Crippen molar-refractivity contribution in [3.63, 3.8) is 0 Å². The highest BCUT2D eigenvalue weighted by atomic mass is 35.5. The molecule has 1 aliphatic heterocycles. The lowest BCUT2D eigenvalue weighted by Gasteiger charge is -2.39. The van der Waals surface area contributed by atoms with Gasteiger partial charge in [0.15, 0.2) is 0 Å². The predicted octanol–water partition coefficient (Wildman–Crippen LogP) is 2.88. The molecule has 1 aromatic rings. The van der Waals surface area contributed by atoms with Crippen molar-refractivity contribution < 1.29 is 9.59 Å². The number of rotatable bonds is 5. The molecule has 1 N–H and O–H groups in total. The summed E-state index contributed by atoms with van der Waals surface area (Å²) < 4.78 is 0. The maximum absolute atomic E-state index is 12.5. The van der Waals surface area contributed by atoms with Gasteiger partial charge in [0.25, 0.3) is 0 Å². The second-order valence-electron chi connectivity index (χ2n) is 5.90. The van der Waals surface area contributed by atoms with Gasteiger partial charge in [-0.15, -0.1) is 0 Å². The van der Waals surface area contributed by atoms with Crippen molar-refractivity contribution in [3.05, 3.63) is 34.9 Å². The number of benzene rings is 1. The van der Waals surface area contributed by atoms with Crippen LogP contribution in [0.3, 0.4) is 0 Å². The second kappa shape index (κ2) is 8.20. The monoisotopic (exact) mass is 337 g/mol. The number of halogens is 1. The number of amides is 3. The molecule has 1 saturated heterocycles. The zero-order chi connectivity index (χ0) is 16.8. The van der Waals surface area contributed by atoms with Crippen LogP contribution in [0.1, 0.15) is 31.7 Å². The van der Waals surface area contributed by atoms with Crippen LogP contribution in [0.5, 0.6) is 0 Å². The van der Waals surface area contributed by atoms with E-state index in [0.29, 0.717) is 31.1 Å². The van der Waals surface area contributed by atoms with E-state index < -0.39 is 0 Å². The fourth-order valence-corrected chi connectivity index (χ4v) is 2.97. The number of carbonyl (C=O) groups is 2. The van der Waals surface area contributed by atoms with E-state index in [0.717, 1.165) is 18.4 Å². The Hall–Kier alpha value is -1.75. The fourth-order valence-electron chi connectivity index (χ4n) is 2.76. The minimum absolute atomic E-state index is 0.0302. The first-order valence-electron chi connectivity index (χ1n) is 8.06. The van der Waals surface area contributed by atoms with Crippen molar-refractivity contribution in [1.29, 1.82) is 0 Å². The molecule has 0 saturated carbocycles. The van der Waals surface area contributed by atoms with Crippen molar-refractivity contribution in [3.8, 4) is 0 Å². The number of nitrogens with one attached hydrogen (secondary N) is 1. The molecule has 126 valence electrons. The number of urea groups is 1. The van der Waals surface area contributed by atoms with E-state index in [1.807, 2.05) is 18.2 Å². The summed E-state index contributed by atoms with van der Waals surface area (Å²) in [5.41, 5.74) is 0.941. The van der Waals surface area contributed by atoms with Gasteiger partial charge in [-0.05, 0) is 24.1 Å². The summed E-state index contributed by atoms with van der Waals surface area (Å²) in [5.74, 6) is 0.0302. The minimum Gasteiger partial charge on any atom is -0.342 e. The molecular formula is C17H24ClN3O2. The third-order valence-corrected chi connectivity index (χ3v) is 4.37. The molecule has 0 bridgehead atoms. The Morgan fingerprint density at radius 2 is 2.17 bits per heavy atom. The largest absolute Gasteiger partial charge is 0.342 e. The zero-order valence-corrected chi connectivity index (χ0v) is 14.5. The standard InChI is InChI=1S/C17H24ClN3O2/c1-3-4-8-15-16(22)20(2)9-10-21(15)17(23)19-12-13-6-5-7-14(18)11-13/h5-7,11,15H,3-4,8-10,12H2,1-2H3,(H,19,23)/t15-/m1/s1. The first kappa shape index (κ1) is 17.6. The predicted molar refractivity (Wildman–Crippen MR) is 91.3 cm³/mol. The Morgan fingerprint density at radius 3 is 2.87 bits per heavy atom. The van der Waals surface area contributed by atoms with Crippen LogP contribution in [0.4, 0.5) is 4.79 Å². The van der Waals surface area contributed by atoms with Gasteiger partial charge < -0.3 is 15.1 Å². The fraction of sp³-hybridized carbons (Fsp3) is 0.529. The number of carbonyl (C=O) groups excluding carboxylic acids is 2. The van der Waals surface area contributed by atoms with Crippen LogP contribution in [0, 0.1) is 0 Å². The van der Waals surface area contributed by atoms with Gasteiger partial charge in [0.05, 0.1) is 0 Å². The van der Waals surface area contributed by atoms with Gasteiger partial charge in [0.2, 0.25) is 5.91 Å². The molecule has 0 aromatic heterocycles. The lowest BCUT2D eigenvalue weighted by atomic mass is 10.0. The van der Waals surface area contributed by atoms with Crippen LogP contribution in [0.15, 0.2) is 24.3 Å². The lowest BCUT2D eigenvalue weighted by molar-refractivity contribution is -0.138. The second-order valence-corrected chi connectivity index (χ2v) is 6.34. The molecule has 3 amide bonds. The third-order valence-electron chi connectivity index (χ3n) is 4.14. The molecule has 1 aromatic carbocycles. The Bertz CT molecular complexity index is 565. The molecule has 1 aliphatic rings. The Kier molecular flexibility index (Phi) is 6.28. The molecule has 1 atom stereocenters. The maximum atomic E-state index is 12.5. The summed E-state index contributed by atoms with van der Waals surface area (Å²) in [6.45, 7) is 3.63. The van der Waals surface area contributed by atoms with Crippen molar-refractivity contribution in [2.75, 3.05) is 20.1 Å². The van der Waals surface area contributed by atoms with E-state index in [-0.39, 0.29) is 18.0 Å². The van der Waals surface area contributed by atoms with Crippen LogP contribution in [0.2, 0.25) is 5.02 Å². The van der Waals surface area contributed by atoms with Crippen LogP contribution in [-0.2, 0) is 11.3 Å². The van der Waals surface area contributed by atoms with E-state index >= 15 is 0 Å². The van der Waals surface area contributed by atoms with E-state index in [1.54, 1.807) is 22.9 Å². The van der Waals surface area contributed by atoms with Crippen LogP contribution < -0.4 is 5.32 Å². The molecule has 0 aliphatic carbocycles. The SMILES string of the molecule is CCCC[C@@H]1C(=O)N(C)CCN1C(=O)NCc1cccc(Cl)c1. The molecule has 0 spiro atoms. The highest BCUT2D eigenvalue weighted by Gasteiger charge is 2.35. The van der Waals surface area contributed by atoms with Gasteiger partial charge in [-0.3, -0.25) is 4.79 Å². The van der Waals surface area contributed by atoms with Gasteiger partial charge in [0, 0.05) is 31.7 Å². The zero-order valence-electron chi connectivity index (χ0n) is 13.7. The average molecular weight is 338 g/mol. The molecule has 6 heteroatoms. The van der Waals surface area contributed by atoms with Crippen LogP contribution >= 0.6 is 11.6 Å². The topological polar surface area (TPSA) is 52.7 Å². The first-order chi connectivity index (χ1) is 11.0. The Labute approximate surface area is 142 Å². The number of unbranched alkanes of at least 4 members (excludes halogenated alkanes) is 1. The number of nitrogens with zero attached hydrogens (tertiary/aromatic N) is 2. The van der Waals surface area contributed by atoms with E-state index in [2.05, 4.69) is 12.2 Å². The lowest BCUT2D eigenvalue weighted by Crippen LogP contribution is -2.59. The third kappa shape index (κ3) is 4.61. The van der Waals surface area contributed by atoms with Crippen LogP contribution in [0.25, 0.3) is 0 Å². The molecule has 2 rings (SSSR count). The van der Waals surface area contributed by atoms with Crippen LogP contribution in [-0.4, -0.2) is 47.9 Å². The normalized spacial score (nSPS) is 18.2. The van der Waals surface area contributed by atoms with Gasteiger partial charge in [-0.2, -0.15) is 0 Å². The minimum atomic E-state index is -0.354. The molecule has 0 unspecified atom stereocenters. The summed E-state index contributed by atoms with van der Waals surface area (Å²) in [5, 5.41) is 3.54. The highest BCUT2D eigenvalue weighted by Crippen LogP contribution is 2.17. The number of hydrogen-bond acceptors (Lipinski definition) is 2. The summed E-state index contributed by atoms with van der Waals surface area (Å²) in [6, 6.07) is 6.85. The molecule has 23 heavy (non-hydrogen) atoms. The Balaban J connectivity index is 1.99. The van der Waals surface area contributed by atoms with Crippen molar-refractivity contribution in [2.45, 2.75) is 38.8 Å². The summed E-state index contributed by atoms with van der Waals surface area (Å²) in [6.07, 6.45) is 2.65. The Morgan fingerprint density at radius 1 is 1.39 bits per heavy atom. The maximum Gasteiger partial charge on any atom is 0.318 e. The quantitative estimate of drug-likeness (QED) is 0.898. The molecular weight excluding hydrogens is 314 g/mol. The van der Waals surface area contributed by atoms with Gasteiger partial charge in [-0.1, -0.05) is 43.5 Å². The van der Waals surface area contributed by atoms with E-state index in [9.17, 15) is 9.59 Å². The van der Waals surface area contributed by atoms with Crippen molar-refractivity contribution in [1.82, 2.24) is 15.1 Å². The molecule has 0 radical (unpaired) electrons. The summed E-state index contributed by atoms with van der Waals surface area (Å²) >= 11 is 5.95. The summed E-state index contributed by atoms with van der Waals surface area (Å²) in [4.78, 5) is 28.2. The number of piperazine rings is 1. The van der Waals surface area contributed by atoms with Gasteiger partial charge in [-0.25, -0.2) is 4.79 Å². The van der Waals surface area contributed by atoms with E-state index in [4.69, 9.17) is 11.6 Å². The van der Waals surface area contributed by atoms with E-state index in [1.165, 1.54) is 0 Å². The molecule has 1 fully saturated rings. The smallest absolute Gasteiger partial charge is 0.318 e. The van der Waals surface area contributed by atoms with Crippen molar-refractivity contribution >= 4 is 23.5 Å². The van der Waals surface area contributed by atoms with Gasteiger partial charge in [0.1, 0.15) is 6.04 Å². The highest BCUT2D eigenvalue weighted by molar-refractivity contribution is 6.30. The molecule has 1 heterocycles.